The van der Waals surface area contributed by atoms with E-state index in [0.717, 1.165) is 23.7 Å². The van der Waals surface area contributed by atoms with Crippen molar-refractivity contribution in [3.63, 3.8) is 0 Å². The van der Waals surface area contributed by atoms with Crippen LogP contribution >= 0.6 is 15.9 Å². The molecule has 0 saturated heterocycles. The van der Waals surface area contributed by atoms with E-state index >= 15 is 0 Å². The van der Waals surface area contributed by atoms with Crippen LogP contribution in [0.5, 0.6) is 0 Å². The van der Waals surface area contributed by atoms with Gasteiger partial charge in [0.25, 0.3) is 0 Å². The molecular weight excluding hydrogens is 292 g/mol. The zero-order valence-corrected chi connectivity index (χ0v) is 13.0. The standard InChI is InChI=1S/C15H25BrO2/c1-13(17)18-15-12-10-8-6-4-2-3-5-7-9-11-14(15)16/h11,15H,2-10,12H2,1H3/b14-11-. The highest BCUT2D eigenvalue weighted by Gasteiger charge is 2.15. The Kier molecular flexibility index (Phi) is 8.40. The Morgan fingerprint density at radius 2 is 1.67 bits per heavy atom. The first kappa shape index (κ1) is 15.7. The predicted molar refractivity (Wildman–Crippen MR) is 78.7 cm³/mol. The highest BCUT2D eigenvalue weighted by atomic mass is 79.9. The van der Waals surface area contributed by atoms with Crippen LogP contribution in [-0.2, 0) is 9.53 Å². The molecular formula is C15H25BrO2. The molecule has 0 aromatic carbocycles. The smallest absolute Gasteiger partial charge is 0.303 e. The Balaban J connectivity index is 2.52. The van der Waals surface area contributed by atoms with E-state index in [2.05, 4.69) is 22.0 Å². The highest BCUT2D eigenvalue weighted by molar-refractivity contribution is 9.11. The number of halogens is 1. The minimum absolute atomic E-state index is 0.0664. The number of hydrogen-bond acceptors (Lipinski definition) is 2. The van der Waals surface area contributed by atoms with Crippen molar-refractivity contribution in [2.45, 2.75) is 77.2 Å². The van der Waals surface area contributed by atoms with E-state index in [1.165, 1.54) is 51.9 Å². The topological polar surface area (TPSA) is 26.3 Å². The maximum absolute atomic E-state index is 11.1. The van der Waals surface area contributed by atoms with Gasteiger partial charge in [-0.15, -0.1) is 0 Å². The monoisotopic (exact) mass is 316 g/mol. The predicted octanol–water partition coefficient (Wildman–Crippen LogP) is 5.11. The molecule has 1 atom stereocenters. The van der Waals surface area contributed by atoms with Gasteiger partial charge in [-0.2, -0.15) is 0 Å². The maximum atomic E-state index is 11.1. The minimum atomic E-state index is -0.185. The summed E-state index contributed by atoms with van der Waals surface area (Å²) in [5.41, 5.74) is 0. The average molecular weight is 317 g/mol. The second kappa shape index (κ2) is 9.60. The molecule has 0 aromatic heterocycles. The first-order valence-corrected chi connectivity index (χ1v) is 8.02. The van der Waals surface area contributed by atoms with Crippen molar-refractivity contribution >= 4 is 21.9 Å². The average Bonchev–Trinajstić information content (AvgIpc) is 2.34. The summed E-state index contributed by atoms with van der Waals surface area (Å²) >= 11 is 3.58. The van der Waals surface area contributed by atoms with E-state index in [-0.39, 0.29) is 12.1 Å². The van der Waals surface area contributed by atoms with Gasteiger partial charge in [0.15, 0.2) is 0 Å². The number of allylic oxidation sites excluding steroid dienone is 1. The van der Waals surface area contributed by atoms with Gasteiger partial charge in [0, 0.05) is 11.4 Å². The van der Waals surface area contributed by atoms with Gasteiger partial charge in [-0.3, -0.25) is 4.79 Å². The molecule has 1 unspecified atom stereocenters. The molecule has 1 aliphatic rings. The van der Waals surface area contributed by atoms with Gasteiger partial charge in [-0.05, 0) is 25.7 Å². The van der Waals surface area contributed by atoms with Crippen LogP contribution in [-0.4, -0.2) is 12.1 Å². The molecule has 0 bridgehead atoms. The van der Waals surface area contributed by atoms with Gasteiger partial charge >= 0.3 is 5.97 Å². The summed E-state index contributed by atoms with van der Waals surface area (Å²) < 4.78 is 6.44. The number of carbonyl (C=O) groups is 1. The molecule has 3 heteroatoms. The lowest BCUT2D eigenvalue weighted by molar-refractivity contribution is -0.144. The van der Waals surface area contributed by atoms with Gasteiger partial charge in [0.1, 0.15) is 6.10 Å². The van der Waals surface area contributed by atoms with Crippen LogP contribution in [0.25, 0.3) is 0 Å². The molecule has 0 fully saturated rings. The lowest BCUT2D eigenvalue weighted by Gasteiger charge is -2.16. The molecule has 0 aliphatic heterocycles. The zero-order chi connectivity index (χ0) is 13.2. The van der Waals surface area contributed by atoms with Crippen LogP contribution in [0.2, 0.25) is 0 Å². The molecule has 0 aromatic rings. The summed E-state index contributed by atoms with van der Waals surface area (Å²) in [5, 5.41) is 0. The van der Waals surface area contributed by atoms with E-state index < -0.39 is 0 Å². The lowest BCUT2D eigenvalue weighted by Crippen LogP contribution is -2.16. The van der Waals surface area contributed by atoms with Crippen molar-refractivity contribution in [3.8, 4) is 0 Å². The van der Waals surface area contributed by atoms with E-state index in [1.807, 2.05) is 0 Å². The van der Waals surface area contributed by atoms with E-state index in [1.54, 1.807) is 0 Å². The van der Waals surface area contributed by atoms with Crippen molar-refractivity contribution in [2.24, 2.45) is 0 Å². The van der Waals surface area contributed by atoms with E-state index in [9.17, 15) is 4.79 Å². The quantitative estimate of drug-likeness (QED) is 0.628. The van der Waals surface area contributed by atoms with Crippen LogP contribution < -0.4 is 0 Å². The van der Waals surface area contributed by atoms with Crippen molar-refractivity contribution in [1.29, 1.82) is 0 Å². The lowest BCUT2D eigenvalue weighted by atomic mass is 10.1. The van der Waals surface area contributed by atoms with Crippen molar-refractivity contribution in [2.75, 3.05) is 0 Å². The Morgan fingerprint density at radius 1 is 1.11 bits per heavy atom. The molecule has 0 spiro atoms. The van der Waals surface area contributed by atoms with Gasteiger partial charge in [0.2, 0.25) is 0 Å². The first-order valence-electron chi connectivity index (χ1n) is 7.23. The van der Waals surface area contributed by atoms with Crippen molar-refractivity contribution in [1.82, 2.24) is 0 Å². The van der Waals surface area contributed by atoms with Gasteiger partial charge < -0.3 is 4.74 Å². The fourth-order valence-electron chi connectivity index (χ4n) is 2.36. The summed E-state index contributed by atoms with van der Waals surface area (Å²) in [5.74, 6) is -0.185. The largest absolute Gasteiger partial charge is 0.457 e. The molecule has 1 rings (SSSR count). The molecule has 0 saturated carbocycles. The molecule has 0 amide bonds. The van der Waals surface area contributed by atoms with Gasteiger partial charge in [-0.1, -0.05) is 60.5 Å². The van der Waals surface area contributed by atoms with Crippen molar-refractivity contribution in [3.05, 3.63) is 10.6 Å². The zero-order valence-electron chi connectivity index (χ0n) is 11.4. The number of carbonyl (C=O) groups excluding carboxylic acids is 1. The fourth-order valence-corrected chi connectivity index (χ4v) is 2.91. The summed E-state index contributed by atoms with van der Waals surface area (Å²) in [4.78, 5) is 11.1. The van der Waals surface area contributed by atoms with Crippen molar-refractivity contribution < 1.29 is 9.53 Å². The van der Waals surface area contributed by atoms with Crippen LogP contribution in [0.4, 0.5) is 0 Å². The van der Waals surface area contributed by atoms with Gasteiger partial charge in [0.05, 0.1) is 0 Å². The summed E-state index contributed by atoms with van der Waals surface area (Å²) in [7, 11) is 0. The SMILES string of the molecule is CC(=O)OC1CCCCCCCCCC/C=C/1Br. The van der Waals surface area contributed by atoms with E-state index in [4.69, 9.17) is 4.74 Å². The van der Waals surface area contributed by atoms with E-state index in [0.29, 0.717) is 0 Å². The number of ether oxygens (including phenoxy) is 1. The molecule has 18 heavy (non-hydrogen) atoms. The molecule has 0 heterocycles. The van der Waals surface area contributed by atoms with Crippen LogP contribution in [0.1, 0.15) is 71.1 Å². The fraction of sp³-hybridized carbons (Fsp3) is 0.800. The Labute approximate surface area is 119 Å². The van der Waals surface area contributed by atoms with Crippen LogP contribution in [0, 0.1) is 0 Å². The third kappa shape index (κ3) is 7.20. The summed E-state index contributed by atoms with van der Waals surface area (Å²) in [6.45, 7) is 1.49. The maximum Gasteiger partial charge on any atom is 0.303 e. The second-order valence-electron chi connectivity index (χ2n) is 5.09. The molecule has 104 valence electrons. The van der Waals surface area contributed by atoms with Crippen LogP contribution in [0.3, 0.4) is 0 Å². The number of esters is 1. The normalized spacial score (nSPS) is 27.0. The Hall–Kier alpha value is -0.310. The first-order chi connectivity index (χ1) is 8.70. The highest BCUT2D eigenvalue weighted by Crippen LogP contribution is 2.23. The minimum Gasteiger partial charge on any atom is -0.457 e. The second-order valence-corrected chi connectivity index (χ2v) is 6.01. The third-order valence-corrected chi connectivity index (χ3v) is 4.21. The molecule has 0 radical (unpaired) electrons. The van der Waals surface area contributed by atoms with Gasteiger partial charge in [-0.25, -0.2) is 0 Å². The molecule has 0 N–H and O–H groups in total. The molecule has 1 aliphatic carbocycles. The Morgan fingerprint density at radius 3 is 2.28 bits per heavy atom. The summed E-state index contributed by atoms with van der Waals surface area (Å²) in [6.07, 6.45) is 14.5. The molecule has 2 nitrogen and oxygen atoms in total. The Bertz CT molecular complexity index is 274. The number of rotatable bonds is 1. The van der Waals surface area contributed by atoms with Crippen LogP contribution in [0.15, 0.2) is 10.6 Å². The summed E-state index contributed by atoms with van der Waals surface area (Å²) in [6, 6.07) is 0. The number of hydrogen-bond donors (Lipinski definition) is 0. The third-order valence-electron chi connectivity index (χ3n) is 3.38.